The highest BCUT2D eigenvalue weighted by atomic mass is 15.0. The molecule has 2 nitrogen and oxygen atoms in total. The van der Waals surface area contributed by atoms with Gasteiger partial charge >= 0.3 is 0 Å². The maximum atomic E-state index is 2.48. The zero-order valence-electron chi connectivity index (χ0n) is 34.4. The van der Waals surface area contributed by atoms with Crippen LogP contribution in [0.1, 0.15) is 22.5 Å². The monoisotopic (exact) mass is 768 g/mol. The molecular weight excluding hydrogens is 725 g/mol. The van der Waals surface area contributed by atoms with Crippen molar-refractivity contribution in [2.75, 3.05) is 0 Å². The maximum absolute atomic E-state index is 2.48. The lowest BCUT2D eigenvalue weighted by Crippen LogP contribution is -1.98. The van der Waals surface area contributed by atoms with Gasteiger partial charge in [0.05, 0.1) is 11.0 Å². The second kappa shape index (κ2) is 14.1. The summed E-state index contributed by atoms with van der Waals surface area (Å²) in [6.45, 7) is 9.09. The van der Waals surface area contributed by atoms with E-state index in [1.807, 2.05) is 0 Å². The average molecular weight is 769 g/mol. The van der Waals surface area contributed by atoms with Gasteiger partial charge in [0.2, 0.25) is 0 Å². The van der Waals surface area contributed by atoms with Crippen LogP contribution in [0.25, 0.3) is 99.2 Å². The van der Waals surface area contributed by atoms with Crippen LogP contribution in [0.3, 0.4) is 0 Å². The van der Waals surface area contributed by atoms with Gasteiger partial charge in [-0.25, -0.2) is 0 Å². The summed E-state index contributed by atoms with van der Waals surface area (Å²) in [5.74, 6) is 0. The number of fused-ring (bicyclic) bond motifs is 4. The van der Waals surface area contributed by atoms with Crippen LogP contribution in [0.4, 0.5) is 0 Å². The third-order valence-corrected chi connectivity index (χ3v) is 13.0. The summed E-state index contributed by atoms with van der Waals surface area (Å²) in [4.78, 5) is 0. The van der Waals surface area contributed by atoms with Crippen molar-refractivity contribution in [2.24, 2.45) is 0 Å². The van der Waals surface area contributed by atoms with E-state index in [9.17, 15) is 0 Å². The summed E-state index contributed by atoms with van der Waals surface area (Å²) in [5, 5.41) is 7.58. The quantitative estimate of drug-likeness (QED) is 0.149. The molecule has 0 bridgehead atoms. The lowest BCUT2D eigenvalue weighted by molar-refractivity contribution is 1.04. The van der Waals surface area contributed by atoms with Crippen molar-refractivity contribution < 1.29 is 0 Å². The summed E-state index contributed by atoms with van der Waals surface area (Å²) < 4.78 is 4.92. The molecule has 0 aliphatic carbocycles. The molecule has 0 unspecified atom stereocenters. The fourth-order valence-corrected chi connectivity index (χ4v) is 9.72. The molecular formula is C58H44N2. The minimum absolute atomic E-state index is 1.17. The van der Waals surface area contributed by atoms with Gasteiger partial charge in [-0.15, -0.1) is 0 Å². The van der Waals surface area contributed by atoms with Crippen molar-refractivity contribution in [3.63, 3.8) is 0 Å². The third kappa shape index (κ3) is 5.63. The number of benzene rings is 9. The van der Waals surface area contributed by atoms with Crippen molar-refractivity contribution >= 4 is 43.4 Å². The van der Waals surface area contributed by atoms with Crippen LogP contribution in [-0.4, -0.2) is 9.13 Å². The molecule has 2 aromatic heterocycles. The Morgan fingerprint density at radius 1 is 0.267 bits per heavy atom. The smallest absolute Gasteiger partial charge is 0.0540 e. The van der Waals surface area contributed by atoms with Gasteiger partial charge in [0.1, 0.15) is 0 Å². The van der Waals surface area contributed by atoms with Gasteiger partial charge in [-0.3, -0.25) is 0 Å². The molecule has 2 heteroatoms. The fourth-order valence-electron chi connectivity index (χ4n) is 9.72. The van der Waals surface area contributed by atoms with E-state index < -0.39 is 0 Å². The highest BCUT2D eigenvalue weighted by Gasteiger charge is 2.23. The first-order valence-electron chi connectivity index (χ1n) is 20.9. The Balaban J connectivity index is 1.22. The number of hydrogen-bond donors (Lipinski definition) is 0. The fraction of sp³-hybridized carbons (Fsp3) is 0.0690. The lowest BCUT2D eigenvalue weighted by Gasteiger charge is -2.20. The van der Waals surface area contributed by atoms with Gasteiger partial charge in [-0.05, 0) is 153 Å². The first kappa shape index (κ1) is 35.7. The molecule has 0 saturated heterocycles. The highest BCUT2D eigenvalue weighted by Crippen LogP contribution is 2.48. The Bertz CT molecular complexity index is 3160. The Labute approximate surface area is 351 Å². The van der Waals surface area contributed by atoms with Crippen molar-refractivity contribution in [3.8, 4) is 55.9 Å². The van der Waals surface area contributed by atoms with E-state index in [1.54, 1.807) is 0 Å². The molecule has 0 atom stereocenters. The molecule has 0 spiro atoms. The standard InChI is InChI=1S/C58H44N2/c1-37-39(3)59(47-29-25-43(26-30-47)41-17-9-5-10-18-41)55-35-53-51(33-49(37)55)57(45-21-13-7-14-22-45)54-36-56-50(34-52(54)58(53)46-23-15-8-16-24-46)38(2)40(4)60(56)48-31-27-44(28-32-48)42-19-11-6-12-20-42/h5-36H,1-4H3. The number of aryl methyl sites for hydroxylation is 2. The van der Waals surface area contributed by atoms with Gasteiger partial charge in [0.15, 0.2) is 0 Å². The molecule has 0 radical (unpaired) electrons. The average Bonchev–Trinajstić information content (AvgIpc) is 3.70. The normalized spacial score (nSPS) is 11.7. The molecule has 11 rings (SSSR count). The topological polar surface area (TPSA) is 9.86 Å². The van der Waals surface area contributed by atoms with E-state index in [4.69, 9.17) is 0 Å². The lowest BCUT2D eigenvalue weighted by atomic mass is 9.84. The molecule has 286 valence electrons. The number of nitrogens with zero attached hydrogens (tertiary/aromatic N) is 2. The second-order valence-corrected chi connectivity index (χ2v) is 16.2. The SMILES string of the molecule is Cc1c(C)n(-c2ccc(-c3ccccc3)cc2)c2cc3c(-c4ccccc4)c4cc5c(C)c(C)n(-c6ccc(-c7ccccc7)cc6)c5cc4c(-c4ccccc4)c3cc12. The third-order valence-electron chi connectivity index (χ3n) is 13.0. The number of rotatable bonds is 6. The highest BCUT2D eigenvalue weighted by molar-refractivity contribution is 6.25. The van der Waals surface area contributed by atoms with Crippen LogP contribution in [-0.2, 0) is 0 Å². The van der Waals surface area contributed by atoms with Crippen LogP contribution in [0.5, 0.6) is 0 Å². The molecule has 9 aromatic carbocycles. The summed E-state index contributed by atoms with van der Waals surface area (Å²) in [7, 11) is 0. The van der Waals surface area contributed by atoms with Crippen molar-refractivity contribution in [3.05, 3.63) is 217 Å². The Morgan fingerprint density at radius 2 is 0.550 bits per heavy atom. The van der Waals surface area contributed by atoms with E-state index in [2.05, 4.69) is 231 Å². The van der Waals surface area contributed by atoms with Crippen LogP contribution in [0.2, 0.25) is 0 Å². The van der Waals surface area contributed by atoms with Gasteiger partial charge in [-0.2, -0.15) is 0 Å². The van der Waals surface area contributed by atoms with Gasteiger partial charge in [0.25, 0.3) is 0 Å². The molecule has 60 heavy (non-hydrogen) atoms. The first-order chi connectivity index (χ1) is 29.4. The van der Waals surface area contributed by atoms with Crippen molar-refractivity contribution in [1.82, 2.24) is 9.13 Å². The minimum atomic E-state index is 1.17. The molecule has 0 fully saturated rings. The number of aromatic nitrogens is 2. The molecule has 0 aliphatic heterocycles. The predicted molar refractivity (Wildman–Crippen MR) is 256 cm³/mol. The van der Waals surface area contributed by atoms with Crippen LogP contribution >= 0.6 is 0 Å². The largest absolute Gasteiger partial charge is 0.314 e. The molecule has 0 amide bonds. The minimum Gasteiger partial charge on any atom is -0.314 e. The van der Waals surface area contributed by atoms with E-state index in [0.29, 0.717) is 0 Å². The van der Waals surface area contributed by atoms with Gasteiger partial charge in [-0.1, -0.05) is 146 Å². The van der Waals surface area contributed by atoms with Crippen LogP contribution in [0, 0.1) is 27.7 Å². The van der Waals surface area contributed by atoms with Crippen LogP contribution in [0.15, 0.2) is 194 Å². The van der Waals surface area contributed by atoms with Gasteiger partial charge in [0, 0.05) is 33.5 Å². The summed E-state index contributed by atoms with van der Waals surface area (Å²) in [6.07, 6.45) is 0. The van der Waals surface area contributed by atoms with E-state index in [1.165, 1.54) is 122 Å². The maximum Gasteiger partial charge on any atom is 0.0540 e. The Morgan fingerprint density at radius 3 is 0.883 bits per heavy atom. The van der Waals surface area contributed by atoms with E-state index >= 15 is 0 Å². The molecule has 0 saturated carbocycles. The Hall–Kier alpha value is -7.42. The summed E-state index contributed by atoms with van der Waals surface area (Å²) >= 11 is 0. The second-order valence-electron chi connectivity index (χ2n) is 16.2. The van der Waals surface area contributed by atoms with Gasteiger partial charge < -0.3 is 9.13 Å². The van der Waals surface area contributed by atoms with E-state index in [-0.39, 0.29) is 0 Å². The predicted octanol–water partition coefficient (Wildman–Crippen LogP) is 15.8. The zero-order chi connectivity index (χ0) is 40.5. The molecule has 2 heterocycles. The van der Waals surface area contributed by atoms with E-state index in [0.717, 1.165) is 0 Å². The first-order valence-corrected chi connectivity index (χ1v) is 20.9. The molecule has 11 aromatic rings. The van der Waals surface area contributed by atoms with Crippen molar-refractivity contribution in [2.45, 2.75) is 27.7 Å². The zero-order valence-corrected chi connectivity index (χ0v) is 34.4. The molecule has 0 aliphatic rings. The van der Waals surface area contributed by atoms with Crippen LogP contribution < -0.4 is 0 Å². The number of hydrogen-bond acceptors (Lipinski definition) is 0. The summed E-state index contributed by atoms with van der Waals surface area (Å²) in [5.41, 5.74) is 19.7. The summed E-state index contributed by atoms with van der Waals surface area (Å²) in [6, 6.07) is 71.3. The molecule has 0 N–H and O–H groups in total. The Kier molecular flexibility index (Phi) is 8.42. The van der Waals surface area contributed by atoms with Crippen molar-refractivity contribution in [1.29, 1.82) is 0 Å².